The molecule has 0 aliphatic carbocycles. The van der Waals surface area contributed by atoms with Crippen LogP contribution < -0.4 is 10.5 Å². The summed E-state index contributed by atoms with van der Waals surface area (Å²) in [5.41, 5.74) is 6.29. The van der Waals surface area contributed by atoms with E-state index in [0.29, 0.717) is 16.5 Å². The highest BCUT2D eigenvalue weighted by Gasteiger charge is 2.40. The number of rotatable bonds is 5. The summed E-state index contributed by atoms with van der Waals surface area (Å²) < 4.78 is 48.2. The van der Waals surface area contributed by atoms with Crippen molar-refractivity contribution in [3.05, 3.63) is 83.0 Å². The number of hydrogen-bond acceptors (Lipinski definition) is 4. The average molecular weight is 474 g/mol. The van der Waals surface area contributed by atoms with Crippen molar-refractivity contribution in [2.24, 2.45) is 7.05 Å². The van der Waals surface area contributed by atoms with Crippen molar-refractivity contribution in [2.75, 3.05) is 5.73 Å². The number of nitrogens with two attached hydrogens (primary N) is 1. The van der Waals surface area contributed by atoms with E-state index in [9.17, 15) is 18.3 Å². The van der Waals surface area contributed by atoms with Gasteiger partial charge < -0.3 is 15.6 Å². The molecule has 3 aromatic carbocycles. The van der Waals surface area contributed by atoms with E-state index in [-0.39, 0.29) is 34.7 Å². The van der Waals surface area contributed by atoms with E-state index in [1.807, 2.05) is 12.1 Å². The Morgan fingerprint density at radius 1 is 1.06 bits per heavy atom. The molecule has 0 unspecified atom stereocenters. The van der Waals surface area contributed by atoms with Gasteiger partial charge in [0.15, 0.2) is 5.69 Å². The molecular formula is C24H19ClF3N3O2. The molecule has 1 aromatic heterocycles. The van der Waals surface area contributed by atoms with Crippen LogP contribution in [0.25, 0.3) is 22.4 Å². The predicted molar refractivity (Wildman–Crippen MR) is 121 cm³/mol. The number of ether oxygens (including phenoxy) is 1. The monoisotopic (exact) mass is 473 g/mol. The van der Waals surface area contributed by atoms with Crippen molar-refractivity contribution in [1.29, 1.82) is 0 Å². The van der Waals surface area contributed by atoms with E-state index in [1.165, 1.54) is 31.3 Å². The third kappa shape index (κ3) is 4.75. The average Bonchev–Trinajstić information content (AvgIpc) is 3.11. The van der Waals surface area contributed by atoms with Crippen molar-refractivity contribution in [1.82, 2.24) is 9.78 Å². The van der Waals surface area contributed by atoms with E-state index >= 15 is 0 Å². The molecule has 0 radical (unpaired) electrons. The summed E-state index contributed by atoms with van der Waals surface area (Å²) in [6, 6.07) is 17.6. The number of nitrogen functional groups attached to an aromatic ring is 1. The second kappa shape index (κ2) is 8.71. The van der Waals surface area contributed by atoms with Crippen LogP contribution in [0, 0.1) is 0 Å². The Kier molecular flexibility index (Phi) is 5.95. The number of anilines is 1. The lowest BCUT2D eigenvalue weighted by Gasteiger charge is -2.13. The van der Waals surface area contributed by atoms with Gasteiger partial charge in [-0.2, -0.15) is 18.3 Å². The minimum absolute atomic E-state index is 0.106. The minimum Gasteiger partial charge on any atom is -0.507 e. The Morgan fingerprint density at radius 3 is 2.42 bits per heavy atom. The molecule has 0 spiro atoms. The molecule has 33 heavy (non-hydrogen) atoms. The molecule has 0 saturated carbocycles. The topological polar surface area (TPSA) is 73.3 Å². The van der Waals surface area contributed by atoms with Crippen LogP contribution >= 0.6 is 11.6 Å². The first kappa shape index (κ1) is 22.5. The number of halogens is 4. The van der Waals surface area contributed by atoms with E-state index < -0.39 is 11.9 Å². The Hall–Kier alpha value is -3.65. The Balaban J connectivity index is 1.74. The summed E-state index contributed by atoms with van der Waals surface area (Å²) in [4.78, 5) is 0. The largest absolute Gasteiger partial charge is 0.507 e. The quantitative estimate of drug-likeness (QED) is 0.334. The molecule has 4 rings (SSSR count). The fraction of sp³-hybridized carbons (Fsp3) is 0.125. The van der Waals surface area contributed by atoms with Crippen LogP contribution in [0.2, 0.25) is 5.02 Å². The number of nitrogens with zero attached hydrogens (tertiary/aromatic N) is 2. The molecule has 0 aliphatic heterocycles. The van der Waals surface area contributed by atoms with E-state index in [2.05, 4.69) is 5.10 Å². The molecule has 0 amide bonds. The lowest BCUT2D eigenvalue weighted by Crippen LogP contribution is -2.08. The van der Waals surface area contributed by atoms with Gasteiger partial charge in [-0.3, -0.25) is 4.68 Å². The standard InChI is InChI=1S/C24H19ClF3N3O2/c1-31-22(21(23(30-31)24(26,27)28)15-3-2-4-17(29)11-15)19-10-9-18(12-20(19)32)33-13-14-5-7-16(25)8-6-14/h2-12,32H,13,29H2,1H3. The lowest BCUT2D eigenvalue weighted by molar-refractivity contribution is -0.140. The number of hydrogen-bond donors (Lipinski definition) is 2. The third-order valence-electron chi connectivity index (χ3n) is 5.03. The summed E-state index contributed by atoms with van der Waals surface area (Å²) in [6.45, 7) is 0.231. The van der Waals surface area contributed by atoms with Crippen molar-refractivity contribution in [2.45, 2.75) is 12.8 Å². The zero-order valence-corrected chi connectivity index (χ0v) is 18.2. The fourth-order valence-electron chi connectivity index (χ4n) is 3.55. The minimum atomic E-state index is -4.70. The number of aryl methyl sites for hydroxylation is 1. The molecule has 5 nitrogen and oxygen atoms in total. The van der Waals surface area contributed by atoms with Crippen molar-refractivity contribution in [3.8, 4) is 33.9 Å². The zero-order valence-electron chi connectivity index (χ0n) is 17.4. The SMILES string of the molecule is Cn1nc(C(F)(F)F)c(-c2cccc(N)c2)c1-c1ccc(OCc2ccc(Cl)cc2)cc1O. The van der Waals surface area contributed by atoms with Gasteiger partial charge in [0.1, 0.15) is 18.1 Å². The van der Waals surface area contributed by atoms with Gasteiger partial charge in [-0.15, -0.1) is 0 Å². The Labute approximate surface area is 192 Å². The summed E-state index contributed by atoms with van der Waals surface area (Å²) in [5, 5.41) is 15.0. The van der Waals surface area contributed by atoms with Crippen molar-refractivity contribution < 1.29 is 23.0 Å². The maximum atomic E-state index is 13.8. The number of phenolic OH excluding ortho intramolecular Hbond substituents is 1. The smallest absolute Gasteiger partial charge is 0.435 e. The summed E-state index contributed by atoms with van der Waals surface area (Å²) in [6.07, 6.45) is -4.70. The molecule has 0 bridgehead atoms. The molecule has 170 valence electrons. The Morgan fingerprint density at radius 2 is 1.79 bits per heavy atom. The van der Waals surface area contributed by atoms with Crippen LogP contribution in [0.5, 0.6) is 11.5 Å². The third-order valence-corrected chi connectivity index (χ3v) is 5.29. The van der Waals surface area contributed by atoms with E-state index in [0.717, 1.165) is 10.2 Å². The number of phenols is 1. The number of aromatic nitrogens is 2. The first-order valence-corrected chi connectivity index (χ1v) is 10.2. The molecule has 0 saturated heterocycles. The van der Waals surface area contributed by atoms with Gasteiger partial charge in [0.2, 0.25) is 0 Å². The molecule has 3 N–H and O–H groups in total. The second-order valence-corrected chi connectivity index (χ2v) is 7.85. The molecule has 0 aliphatic rings. The zero-order chi connectivity index (χ0) is 23.8. The molecule has 4 aromatic rings. The van der Waals surface area contributed by atoms with Crippen molar-refractivity contribution in [3.63, 3.8) is 0 Å². The molecule has 9 heteroatoms. The van der Waals surface area contributed by atoms with Gasteiger partial charge in [0.25, 0.3) is 0 Å². The maximum Gasteiger partial charge on any atom is 0.435 e. The molecule has 1 heterocycles. The normalized spacial score (nSPS) is 11.5. The van der Waals surface area contributed by atoms with E-state index in [1.54, 1.807) is 30.3 Å². The molecule has 0 fully saturated rings. The van der Waals surface area contributed by atoms with Gasteiger partial charge in [0, 0.05) is 35.0 Å². The van der Waals surface area contributed by atoms with Crippen LogP contribution in [0.4, 0.5) is 18.9 Å². The lowest BCUT2D eigenvalue weighted by atomic mass is 9.97. The van der Waals surface area contributed by atoms with Gasteiger partial charge in [-0.1, -0.05) is 35.9 Å². The first-order chi connectivity index (χ1) is 15.6. The van der Waals surface area contributed by atoms with Crippen LogP contribution in [0.3, 0.4) is 0 Å². The summed E-state index contributed by atoms with van der Waals surface area (Å²) in [7, 11) is 1.39. The Bertz CT molecular complexity index is 1300. The van der Waals surface area contributed by atoms with Crippen LogP contribution in [-0.4, -0.2) is 14.9 Å². The summed E-state index contributed by atoms with van der Waals surface area (Å²) >= 11 is 5.88. The highest BCUT2D eigenvalue weighted by Crippen LogP contribution is 2.45. The predicted octanol–water partition coefficient (Wildman–Crippen LogP) is 6.29. The fourth-order valence-corrected chi connectivity index (χ4v) is 3.67. The van der Waals surface area contributed by atoms with Crippen molar-refractivity contribution >= 4 is 17.3 Å². The summed E-state index contributed by atoms with van der Waals surface area (Å²) in [5.74, 6) is 0.111. The van der Waals surface area contributed by atoms with Gasteiger partial charge in [-0.05, 0) is 47.5 Å². The van der Waals surface area contributed by atoms with E-state index in [4.69, 9.17) is 22.1 Å². The van der Waals surface area contributed by atoms with Crippen LogP contribution in [0.1, 0.15) is 11.3 Å². The van der Waals surface area contributed by atoms with Crippen LogP contribution in [-0.2, 0) is 19.8 Å². The highest BCUT2D eigenvalue weighted by molar-refractivity contribution is 6.30. The second-order valence-electron chi connectivity index (χ2n) is 7.41. The first-order valence-electron chi connectivity index (χ1n) is 9.84. The number of benzene rings is 3. The number of aromatic hydroxyl groups is 1. The van der Waals surface area contributed by atoms with Gasteiger partial charge in [-0.25, -0.2) is 0 Å². The molecular weight excluding hydrogens is 455 g/mol. The maximum absolute atomic E-state index is 13.8. The van der Waals surface area contributed by atoms with Gasteiger partial charge >= 0.3 is 6.18 Å². The number of alkyl halides is 3. The molecule has 0 atom stereocenters. The highest BCUT2D eigenvalue weighted by atomic mass is 35.5. The van der Waals surface area contributed by atoms with Crippen LogP contribution in [0.15, 0.2) is 66.7 Å². The van der Waals surface area contributed by atoms with Gasteiger partial charge in [0.05, 0.1) is 5.69 Å².